The van der Waals surface area contributed by atoms with Crippen molar-refractivity contribution < 1.29 is 9.53 Å². The van der Waals surface area contributed by atoms with E-state index in [1.165, 1.54) is 11.7 Å². The number of esters is 1. The summed E-state index contributed by atoms with van der Waals surface area (Å²) in [6.45, 7) is 1.83. The standard InChI is InChI=1S/C17H20N2O3/c1-12-9-10-19(2)16(20)15(12)18-14(17(21)22-3)11-13-7-5-4-6-8-13/h4-10,14,18H,11H2,1-3H3. The number of carbonyl (C=O) groups excluding carboxylic acids is 1. The number of hydrogen-bond acceptors (Lipinski definition) is 4. The summed E-state index contributed by atoms with van der Waals surface area (Å²) in [6, 6.07) is 10.8. The molecule has 0 spiro atoms. The Bertz CT molecular complexity index is 708. The first-order chi connectivity index (χ1) is 10.5. The van der Waals surface area contributed by atoms with Crippen LogP contribution in [0.5, 0.6) is 0 Å². The molecule has 22 heavy (non-hydrogen) atoms. The van der Waals surface area contributed by atoms with Gasteiger partial charge in [-0.3, -0.25) is 4.79 Å². The van der Waals surface area contributed by atoms with Gasteiger partial charge in [-0.25, -0.2) is 4.79 Å². The molecule has 0 saturated carbocycles. The minimum atomic E-state index is -0.610. The summed E-state index contributed by atoms with van der Waals surface area (Å²) in [7, 11) is 3.02. The molecule has 0 saturated heterocycles. The summed E-state index contributed by atoms with van der Waals surface area (Å²) in [6.07, 6.45) is 2.15. The SMILES string of the molecule is COC(=O)C(Cc1ccccc1)Nc1c(C)ccn(C)c1=O. The van der Waals surface area contributed by atoms with E-state index < -0.39 is 12.0 Å². The topological polar surface area (TPSA) is 60.3 Å². The number of aromatic nitrogens is 1. The lowest BCUT2D eigenvalue weighted by molar-refractivity contribution is -0.141. The van der Waals surface area contributed by atoms with E-state index in [1.807, 2.05) is 43.3 Å². The monoisotopic (exact) mass is 300 g/mol. The van der Waals surface area contributed by atoms with E-state index in [0.717, 1.165) is 11.1 Å². The minimum Gasteiger partial charge on any atom is -0.467 e. The second-order valence-corrected chi connectivity index (χ2v) is 5.20. The number of hydrogen-bond donors (Lipinski definition) is 1. The van der Waals surface area contributed by atoms with E-state index in [0.29, 0.717) is 12.1 Å². The predicted octanol–water partition coefficient (Wildman–Crippen LogP) is 1.89. The third-order valence-corrected chi connectivity index (χ3v) is 3.56. The zero-order valence-corrected chi connectivity index (χ0v) is 13.0. The molecule has 0 aliphatic carbocycles. The van der Waals surface area contributed by atoms with E-state index in [4.69, 9.17) is 4.74 Å². The Morgan fingerprint density at radius 2 is 1.95 bits per heavy atom. The van der Waals surface area contributed by atoms with Gasteiger partial charge in [0.25, 0.3) is 5.56 Å². The number of nitrogens with one attached hydrogen (secondary N) is 1. The molecule has 5 heteroatoms. The van der Waals surface area contributed by atoms with Crippen molar-refractivity contribution in [3.05, 3.63) is 64.1 Å². The van der Waals surface area contributed by atoms with Crippen LogP contribution in [-0.2, 0) is 23.0 Å². The van der Waals surface area contributed by atoms with Crippen LogP contribution in [0.4, 0.5) is 5.69 Å². The van der Waals surface area contributed by atoms with Crippen molar-refractivity contribution in [3.63, 3.8) is 0 Å². The molecule has 5 nitrogen and oxygen atoms in total. The number of nitrogens with zero attached hydrogens (tertiary/aromatic N) is 1. The van der Waals surface area contributed by atoms with Crippen molar-refractivity contribution in [1.82, 2.24) is 4.57 Å². The highest BCUT2D eigenvalue weighted by atomic mass is 16.5. The van der Waals surface area contributed by atoms with Gasteiger partial charge < -0.3 is 14.6 Å². The number of rotatable bonds is 5. The van der Waals surface area contributed by atoms with Crippen LogP contribution in [0.2, 0.25) is 0 Å². The van der Waals surface area contributed by atoms with E-state index >= 15 is 0 Å². The second-order valence-electron chi connectivity index (χ2n) is 5.20. The highest BCUT2D eigenvalue weighted by Crippen LogP contribution is 2.13. The van der Waals surface area contributed by atoms with E-state index in [1.54, 1.807) is 13.2 Å². The van der Waals surface area contributed by atoms with Gasteiger partial charge in [-0.05, 0) is 24.1 Å². The van der Waals surface area contributed by atoms with Crippen LogP contribution in [0.1, 0.15) is 11.1 Å². The van der Waals surface area contributed by atoms with Gasteiger partial charge in [0.1, 0.15) is 11.7 Å². The molecule has 2 aromatic rings. The molecule has 116 valence electrons. The maximum atomic E-state index is 12.2. The van der Waals surface area contributed by atoms with Crippen molar-refractivity contribution in [2.45, 2.75) is 19.4 Å². The number of benzene rings is 1. The molecule has 0 aliphatic rings. The zero-order valence-electron chi connectivity index (χ0n) is 13.0. The lowest BCUT2D eigenvalue weighted by atomic mass is 10.1. The number of pyridine rings is 1. The first kappa shape index (κ1) is 15.8. The Labute approximate surface area is 129 Å². The molecule has 0 amide bonds. The van der Waals surface area contributed by atoms with Crippen molar-refractivity contribution in [2.75, 3.05) is 12.4 Å². The van der Waals surface area contributed by atoms with Gasteiger partial charge in [0, 0.05) is 19.7 Å². The van der Waals surface area contributed by atoms with Gasteiger partial charge in [-0.15, -0.1) is 0 Å². The number of carbonyl (C=O) groups is 1. The molecule has 2 rings (SSSR count). The van der Waals surface area contributed by atoms with Crippen molar-refractivity contribution in [1.29, 1.82) is 0 Å². The Morgan fingerprint density at radius 3 is 2.59 bits per heavy atom. The third kappa shape index (κ3) is 3.55. The summed E-state index contributed by atoms with van der Waals surface area (Å²) in [4.78, 5) is 24.3. The van der Waals surface area contributed by atoms with Crippen LogP contribution >= 0.6 is 0 Å². The van der Waals surface area contributed by atoms with Gasteiger partial charge in [-0.2, -0.15) is 0 Å². The predicted molar refractivity (Wildman–Crippen MR) is 86.0 cm³/mol. The maximum Gasteiger partial charge on any atom is 0.328 e. The molecule has 1 unspecified atom stereocenters. The van der Waals surface area contributed by atoms with Gasteiger partial charge >= 0.3 is 5.97 Å². The zero-order chi connectivity index (χ0) is 16.1. The lowest BCUT2D eigenvalue weighted by Crippen LogP contribution is -2.36. The van der Waals surface area contributed by atoms with Crippen molar-refractivity contribution in [2.24, 2.45) is 7.05 Å². The van der Waals surface area contributed by atoms with E-state index in [2.05, 4.69) is 5.32 Å². The number of ether oxygens (including phenoxy) is 1. The molecule has 1 atom stereocenters. The Kier molecular flexibility index (Phi) is 4.99. The summed E-state index contributed by atoms with van der Waals surface area (Å²) < 4.78 is 6.33. The fourth-order valence-corrected chi connectivity index (χ4v) is 2.25. The fourth-order valence-electron chi connectivity index (χ4n) is 2.25. The van der Waals surface area contributed by atoms with Crippen LogP contribution in [-0.4, -0.2) is 23.7 Å². The maximum absolute atomic E-state index is 12.2. The summed E-state index contributed by atoms with van der Waals surface area (Å²) in [5.74, 6) is -0.394. The molecular formula is C17H20N2O3. The Balaban J connectivity index is 2.30. The highest BCUT2D eigenvalue weighted by molar-refractivity contribution is 5.79. The number of methoxy groups -OCH3 is 1. The quantitative estimate of drug-likeness (QED) is 0.857. The Morgan fingerprint density at radius 1 is 1.27 bits per heavy atom. The summed E-state index contributed by atoms with van der Waals surface area (Å²) in [5.41, 5.74) is 2.05. The average Bonchev–Trinajstić information content (AvgIpc) is 2.54. The number of anilines is 1. The summed E-state index contributed by atoms with van der Waals surface area (Å²) in [5, 5.41) is 3.05. The Hall–Kier alpha value is -2.56. The number of aryl methyl sites for hydroxylation is 2. The largest absolute Gasteiger partial charge is 0.467 e. The normalized spacial score (nSPS) is 11.8. The molecule has 0 aliphatic heterocycles. The van der Waals surface area contributed by atoms with Gasteiger partial charge in [0.15, 0.2) is 0 Å². The molecular weight excluding hydrogens is 280 g/mol. The molecule has 1 N–H and O–H groups in total. The van der Waals surface area contributed by atoms with Crippen LogP contribution in [0.15, 0.2) is 47.4 Å². The van der Waals surface area contributed by atoms with Gasteiger partial charge in [0.2, 0.25) is 0 Å². The van der Waals surface area contributed by atoms with E-state index in [-0.39, 0.29) is 5.56 Å². The average molecular weight is 300 g/mol. The first-order valence-electron chi connectivity index (χ1n) is 7.07. The molecule has 1 aromatic carbocycles. The van der Waals surface area contributed by atoms with Crippen molar-refractivity contribution in [3.8, 4) is 0 Å². The highest BCUT2D eigenvalue weighted by Gasteiger charge is 2.21. The van der Waals surface area contributed by atoms with Crippen LogP contribution in [0.25, 0.3) is 0 Å². The molecule has 0 bridgehead atoms. The molecule has 1 aromatic heterocycles. The minimum absolute atomic E-state index is 0.165. The first-order valence-corrected chi connectivity index (χ1v) is 7.07. The lowest BCUT2D eigenvalue weighted by Gasteiger charge is -2.19. The molecule has 0 radical (unpaired) electrons. The van der Waals surface area contributed by atoms with E-state index in [9.17, 15) is 9.59 Å². The van der Waals surface area contributed by atoms with Gasteiger partial charge in [0.05, 0.1) is 7.11 Å². The van der Waals surface area contributed by atoms with Crippen LogP contribution < -0.4 is 10.9 Å². The summed E-state index contributed by atoms with van der Waals surface area (Å²) >= 11 is 0. The van der Waals surface area contributed by atoms with Gasteiger partial charge in [-0.1, -0.05) is 30.3 Å². The second kappa shape index (κ2) is 6.93. The van der Waals surface area contributed by atoms with Crippen LogP contribution in [0, 0.1) is 6.92 Å². The van der Waals surface area contributed by atoms with Crippen molar-refractivity contribution >= 4 is 11.7 Å². The molecule has 0 fully saturated rings. The fraction of sp³-hybridized carbons (Fsp3) is 0.294. The third-order valence-electron chi connectivity index (χ3n) is 3.56. The van der Waals surface area contributed by atoms with Crippen LogP contribution in [0.3, 0.4) is 0 Å². The molecule has 1 heterocycles. The smallest absolute Gasteiger partial charge is 0.328 e.